The molecule has 0 amide bonds. The Morgan fingerprint density at radius 2 is 1.93 bits per heavy atom. The van der Waals surface area contributed by atoms with Crippen molar-refractivity contribution in [3.63, 3.8) is 0 Å². The fourth-order valence-electron chi connectivity index (χ4n) is 1.86. The number of sulfonamides is 1. The third-order valence-corrected chi connectivity index (χ3v) is 4.45. The Hall–Kier alpha value is -0.230. The lowest BCUT2D eigenvalue weighted by atomic mass is 9.89. The Morgan fingerprint density at radius 3 is 2.40 bits per heavy atom. The second kappa shape index (κ2) is 4.74. The first-order chi connectivity index (χ1) is 6.85. The van der Waals surface area contributed by atoms with Crippen molar-refractivity contribution >= 4 is 10.0 Å². The maximum Gasteiger partial charge on any atom is 0.350 e. The first-order valence-electron chi connectivity index (χ1n) is 5.13. The van der Waals surface area contributed by atoms with Crippen LogP contribution in [0, 0.1) is 11.8 Å². The quantitative estimate of drug-likeness (QED) is 0.757. The zero-order valence-electron chi connectivity index (χ0n) is 8.99. The lowest BCUT2D eigenvalue weighted by molar-refractivity contribution is 0.185. The molecule has 0 aromatic rings. The number of nitrogens with zero attached hydrogens (tertiary/aromatic N) is 1. The Morgan fingerprint density at radius 1 is 1.33 bits per heavy atom. The summed E-state index contributed by atoms with van der Waals surface area (Å²) in [6.07, 6.45) is 1.60. The van der Waals surface area contributed by atoms with Crippen LogP contribution in [0.4, 0.5) is 8.78 Å². The van der Waals surface area contributed by atoms with E-state index in [9.17, 15) is 17.2 Å². The third kappa shape index (κ3) is 2.87. The molecule has 0 saturated carbocycles. The van der Waals surface area contributed by atoms with Gasteiger partial charge in [-0.05, 0) is 24.7 Å². The predicted molar refractivity (Wildman–Crippen MR) is 54.1 cm³/mol. The summed E-state index contributed by atoms with van der Waals surface area (Å²) in [5, 5.41) is 0. The topological polar surface area (TPSA) is 37.4 Å². The molecule has 0 aromatic carbocycles. The lowest BCUT2D eigenvalue weighted by Gasteiger charge is -2.33. The molecule has 1 saturated heterocycles. The normalized spacial score (nSPS) is 25.1. The van der Waals surface area contributed by atoms with Crippen LogP contribution in [0.2, 0.25) is 0 Å². The standard InChI is InChI=1S/C9H17F2NO2S/c1-7(2)8-4-3-5-12(6-8)15(13,14)9(10)11/h7-9H,3-6H2,1-2H3. The second-order valence-corrected chi connectivity index (χ2v) is 6.21. The molecule has 15 heavy (non-hydrogen) atoms. The minimum absolute atomic E-state index is 0.201. The Bertz CT molecular complexity index is 303. The van der Waals surface area contributed by atoms with E-state index in [-0.39, 0.29) is 19.0 Å². The monoisotopic (exact) mass is 241 g/mol. The van der Waals surface area contributed by atoms with Crippen molar-refractivity contribution in [3.8, 4) is 0 Å². The molecule has 1 heterocycles. The molecule has 0 spiro atoms. The average molecular weight is 241 g/mol. The molecule has 1 aliphatic rings. The zero-order chi connectivity index (χ0) is 11.6. The molecule has 0 radical (unpaired) electrons. The van der Waals surface area contributed by atoms with Crippen molar-refractivity contribution in [1.82, 2.24) is 4.31 Å². The van der Waals surface area contributed by atoms with Crippen molar-refractivity contribution < 1.29 is 17.2 Å². The van der Waals surface area contributed by atoms with E-state index in [2.05, 4.69) is 0 Å². The Balaban J connectivity index is 2.72. The van der Waals surface area contributed by atoms with Crippen LogP contribution in [0.25, 0.3) is 0 Å². The van der Waals surface area contributed by atoms with E-state index < -0.39 is 15.8 Å². The van der Waals surface area contributed by atoms with Crippen LogP contribution < -0.4 is 0 Å². The first kappa shape index (κ1) is 12.8. The zero-order valence-corrected chi connectivity index (χ0v) is 9.80. The van der Waals surface area contributed by atoms with Crippen molar-refractivity contribution in [2.45, 2.75) is 32.4 Å². The molecule has 90 valence electrons. The molecule has 1 rings (SSSR count). The summed E-state index contributed by atoms with van der Waals surface area (Å²) in [6, 6.07) is 0. The van der Waals surface area contributed by atoms with E-state index in [0.717, 1.165) is 10.7 Å². The van der Waals surface area contributed by atoms with Gasteiger partial charge in [-0.2, -0.15) is 13.1 Å². The summed E-state index contributed by atoms with van der Waals surface area (Å²) >= 11 is 0. The smallest absolute Gasteiger partial charge is 0.206 e. The maximum absolute atomic E-state index is 12.3. The van der Waals surface area contributed by atoms with Gasteiger partial charge >= 0.3 is 5.76 Å². The molecule has 0 N–H and O–H groups in total. The predicted octanol–water partition coefficient (Wildman–Crippen LogP) is 1.91. The second-order valence-electron chi connectivity index (χ2n) is 4.31. The number of alkyl halides is 2. The number of hydrogen-bond donors (Lipinski definition) is 0. The van der Waals surface area contributed by atoms with Gasteiger partial charge in [-0.15, -0.1) is 0 Å². The van der Waals surface area contributed by atoms with E-state index in [4.69, 9.17) is 0 Å². The maximum atomic E-state index is 12.3. The van der Waals surface area contributed by atoms with Gasteiger partial charge in [0.05, 0.1) is 0 Å². The van der Waals surface area contributed by atoms with Gasteiger partial charge < -0.3 is 0 Å². The fourth-order valence-corrected chi connectivity index (χ4v) is 2.87. The lowest BCUT2D eigenvalue weighted by Crippen LogP contribution is -2.43. The van der Waals surface area contributed by atoms with Crippen molar-refractivity contribution in [2.24, 2.45) is 11.8 Å². The van der Waals surface area contributed by atoms with E-state index >= 15 is 0 Å². The van der Waals surface area contributed by atoms with Gasteiger partial charge in [0.2, 0.25) is 0 Å². The van der Waals surface area contributed by atoms with Crippen LogP contribution in [0.1, 0.15) is 26.7 Å². The SMILES string of the molecule is CC(C)C1CCCN(S(=O)(=O)C(F)F)C1. The van der Waals surface area contributed by atoms with Gasteiger partial charge in [0.15, 0.2) is 0 Å². The largest absolute Gasteiger partial charge is 0.350 e. The summed E-state index contributed by atoms with van der Waals surface area (Å²) < 4.78 is 48.0. The van der Waals surface area contributed by atoms with Crippen LogP contribution in [0.5, 0.6) is 0 Å². The average Bonchev–Trinajstić information content (AvgIpc) is 2.17. The van der Waals surface area contributed by atoms with Crippen LogP contribution in [0.3, 0.4) is 0 Å². The van der Waals surface area contributed by atoms with Crippen molar-refractivity contribution in [2.75, 3.05) is 13.1 Å². The summed E-state index contributed by atoms with van der Waals surface area (Å²) in [7, 11) is -4.37. The van der Waals surface area contributed by atoms with Crippen LogP contribution in [0.15, 0.2) is 0 Å². The Labute approximate surface area is 89.5 Å². The number of hydrogen-bond acceptors (Lipinski definition) is 2. The molecule has 1 aliphatic heterocycles. The van der Waals surface area contributed by atoms with E-state index in [0.29, 0.717) is 12.3 Å². The van der Waals surface area contributed by atoms with Crippen molar-refractivity contribution in [3.05, 3.63) is 0 Å². The summed E-state index contributed by atoms with van der Waals surface area (Å²) in [5.41, 5.74) is 0. The molecule has 1 fully saturated rings. The number of rotatable bonds is 3. The number of halogens is 2. The van der Waals surface area contributed by atoms with Gasteiger partial charge in [-0.25, -0.2) is 8.42 Å². The molecule has 0 aliphatic carbocycles. The van der Waals surface area contributed by atoms with Gasteiger partial charge in [0.1, 0.15) is 0 Å². The van der Waals surface area contributed by atoms with E-state index in [1.807, 2.05) is 13.8 Å². The first-order valence-corrected chi connectivity index (χ1v) is 6.63. The third-order valence-electron chi connectivity index (χ3n) is 2.95. The summed E-state index contributed by atoms with van der Waals surface area (Å²) in [5.74, 6) is -2.75. The van der Waals surface area contributed by atoms with E-state index in [1.54, 1.807) is 0 Å². The minimum atomic E-state index is -4.37. The van der Waals surface area contributed by atoms with Gasteiger partial charge in [0.25, 0.3) is 10.0 Å². The molecule has 1 atom stereocenters. The highest BCUT2D eigenvalue weighted by molar-refractivity contribution is 7.89. The highest BCUT2D eigenvalue weighted by atomic mass is 32.2. The molecule has 1 unspecified atom stereocenters. The number of piperidine rings is 1. The minimum Gasteiger partial charge on any atom is -0.206 e. The van der Waals surface area contributed by atoms with Crippen LogP contribution in [-0.2, 0) is 10.0 Å². The van der Waals surface area contributed by atoms with Gasteiger partial charge in [-0.3, -0.25) is 0 Å². The van der Waals surface area contributed by atoms with Crippen LogP contribution in [-0.4, -0.2) is 31.6 Å². The molecular weight excluding hydrogens is 224 g/mol. The van der Waals surface area contributed by atoms with E-state index in [1.165, 1.54) is 0 Å². The van der Waals surface area contributed by atoms with Gasteiger partial charge in [0, 0.05) is 13.1 Å². The Kier molecular flexibility index (Phi) is 4.06. The molecular formula is C9H17F2NO2S. The van der Waals surface area contributed by atoms with Crippen molar-refractivity contribution in [1.29, 1.82) is 0 Å². The molecule has 0 bridgehead atoms. The highest BCUT2D eigenvalue weighted by Crippen LogP contribution is 2.26. The summed E-state index contributed by atoms with van der Waals surface area (Å²) in [4.78, 5) is 0. The summed E-state index contributed by atoms with van der Waals surface area (Å²) in [6.45, 7) is 4.45. The highest BCUT2D eigenvalue weighted by Gasteiger charge is 2.35. The molecule has 3 nitrogen and oxygen atoms in total. The molecule has 6 heteroatoms. The molecule has 0 aromatic heterocycles. The van der Waals surface area contributed by atoms with Gasteiger partial charge in [-0.1, -0.05) is 13.8 Å². The fraction of sp³-hybridized carbons (Fsp3) is 1.00. The van der Waals surface area contributed by atoms with Crippen LogP contribution >= 0.6 is 0 Å².